The van der Waals surface area contributed by atoms with Crippen LogP contribution in [0.15, 0.2) is 24.3 Å². The van der Waals surface area contributed by atoms with E-state index in [1.54, 1.807) is 7.11 Å². The van der Waals surface area contributed by atoms with Gasteiger partial charge in [0.1, 0.15) is 11.8 Å². The number of rotatable bonds is 7. The topological polar surface area (TPSA) is 54.9 Å². The molecule has 1 aromatic rings. The third-order valence-electron chi connectivity index (χ3n) is 7.67. The van der Waals surface area contributed by atoms with Crippen LogP contribution in [0.3, 0.4) is 0 Å². The van der Waals surface area contributed by atoms with Gasteiger partial charge in [0, 0.05) is 6.04 Å². The summed E-state index contributed by atoms with van der Waals surface area (Å²) in [6, 6.07) is 8.56. The summed E-state index contributed by atoms with van der Waals surface area (Å²) in [4.78, 5) is 12.7. The monoisotopic (exact) mass is 371 g/mol. The van der Waals surface area contributed by atoms with Crippen LogP contribution in [-0.4, -0.2) is 25.6 Å². The highest BCUT2D eigenvalue weighted by Gasteiger charge is 2.53. The molecule has 5 rings (SSSR count). The third-order valence-corrected chi connectivity index (χ3v) is 7.67. The molecule has 148 valence electrons. The van der Waals surface area contributed by atoms with Crippen LogP contribution in [-0.2, 0) is 4.79 Å². The summed E-state index contributed by atoms with van der Waals surface area (Å²) in [6.45, 7) is 4.86. The molecule has 2 atom stereocenters. The highest BCUT2D eigenvalue weighted by atomic mass is 16.5. The van der Waals surface area contributed by atoms with Gasteiger partial charge in [0.25, 0.3) is 5.91 Å². The molecular weight excluding hydrogens is 336 g/mol. The van der Waals surface area contributed by atoms with Crippen LogP contribution in [0.4, 0.5) is 0 Å². The van der Waals surface area contributed by atoms with Crippen LogP contribution in [0.25, 0.3) is 0 Å². The Morgan fingerprint density at radius 1 is 1.15 bits per heavy atom. The number of hydrogen-bond donors (Lipinski definition) is 2. The van der Waals surface area contributed by atoms with Gasteiger partial charge in [-0.15, -0.1) is 0 Å². The predicted octanol–water partition coefficient (Wildman–Crippen LogP) is 3.04. The van der Waals surface area contributed by atoms with E-state index in [1.807, 2.05) is 18.2 Å². The van der Waals surface area contributed by atoms with Crippen molar-refractivity contribution in [1.29, 1.82) is 0 Å². The van der Waals surface area contributed by atoms with Gasteiger partial charge in [-0.25, -0.2) is 0 Å². The molecule has 3 N–H and O–H groups in total. The molecule has 0 saturated heterocycles. The number of ether oxygens (including phenoxy) is 1. The number of hydrogen-bond acceptors (Lipinski definition) is 2. The molecule has 0 unspecified atom stereocenters. The summed E-state index contributed by atoms with van der Waals surface area (Å²) >= 11 is 0. The fourth-order valence-electron chi connectivity index (χ4n) is 6.61. The van der Waals surface area contributed by atoms with Crippen molar-refractivity contribution in [3.05, 3.63) is 29.8 Å². The van der Waals surface area contributed by atoms with Crippen LogP contribution >= 0.6 is 0 Å². The molecule has 0 aliphatic heterocycles. The maximum atomic E-state index is 12.7. The van der Waals surface area contributed by atoms with Crippen molar-refractivity contribution in [2.45, 2.75) is 64.5 Å². The zero-order chi connectivity index (χ0) is 19.0. The minimum atomic E-state index is 0.167. The van der Waals surface area contributed by atoms with Gasteiger partial charge in [0.15, 0.2) is 6.54 Å². The Balaban J connectivity index is 1.32. The Labute approximate surface area is 163 Å². The molecule has 4 fully saturated rings. The maximum absolute atomic E-state index is 12.7. The molecule has 0 spiro atoms. The second-order valence-electron chi connectivity index (χ2n) is 9.54. The van der Waals surface area contributed by atoms with E-state index in [2.05, 4.69) is 30.5 Å². The molecular formula is C23H35N2O2+. The van der Waals surface area contributed by atoms with Gasteiger partial charge in [-0.05, 0) is 87.7 Å². The molecule has 0 radical (unpaired) electrons. The lowest BCUT2D eigenvalue weighted by atomic mass is 9.48. The molecule has 4 bridgehead atoms. The maximum Gasteiger partial charge on any atom is 0.275 e. The fourth-order valence-corrected chi connectivity index (χ4v) is 6.61. The van der Waals surface area contributed by atoms with Crippen molar-refractivity contribution < 1.29 is 14.8 Å². The second kappa shape index (κ2) is 7.46. The van der Waals surface area contributed by atoms with Crippen LogP contribution in [0.2, 0.25) is 0 Å². The van der Waals surface area contributed by atoms with Gasteiger partial charge in [-0.1, -0.05) is 12.1 Å². The standard InChI is InChI=1S/C23H34N2O2/c1-15(20-6-4-5-7-21(20)27-3)24-14-22(26)25-16(2)23-11-17-8-18(12-23)10-19(9-17)13-23/h4-7,15-19,24H,8-14H2,1-3H3,(H,25,26)/p+1/t15-,16+,17?,18?,19?,23?/m0/s1. The highest BCUT2D eigenvalue weighted by molar-refractivity contribution is 5.77. The van der Waals surface area contributed by atoms with Gasteiger partial charge < -0.3 is 15.4 Å². The summed E-state index contributed by atoms with van der Waals surface area (Å²) in [7, 11) is 1.70. The van der Waals surface area contributed by atoms with Gasteiger partial charge in [-0.3, -0.25) is 4.79 Å². The number of benzene rings is 1. The summed E-state index contributed by atoms with van der Waals surface area (Å²) in [5.41, 5.74) is 1.51. The summed E-state index contributed by atoms with van der Waals surface area (Å²) in [6.07, 6.45) is 8.35. The lowest BCUT2D eigenvalue weighted by Crippen LogP contribution is -2.87. The number of carbonyl (C=O) groups is 1. The molecule has 0 aromatic heterocycles. The quantitative estimate of drug-likeness (QED) is 0.774. The largest absolute Gasteiger partial charge is 0.496 e. The normalized spacial score (nSPS) is 33.5. The Hall–Kier alpha value is -1.55. The number of nitrogens with two attached hydrogens (primary N) is 1. The zero-order valence-electron chi connectivity index (χ0n) is 17.0. The molecule has 4 saturated carbocycles. The number of nitrogens with one attached hydrogen (secondary N) is 1. The van der Waals surface area contributed by atoms with Gasteiger partial charge in [0.2, 0.25) is 0 Å². The number of quaternary nitrogens is 1. The van der Waals surface area contributed by atoms with Crippen molar-refractivity contribution in [2.24, 2.45) is 23.2 Å². The predicted molar refractivity (Wildman–Crippen MR) is 106 cm³/mol. The van der Waals surface area contributed by atoms with Gasteiger partial charge in [-0.2, -0.15) is 0 Å². The SMILES string of the molecule is COc1ccccc1[C@H](C)[NH2+]CC(=O)N[C@H](C)C12CC3CC(CC(C3)C1)C2. The first-order valence-electron chi connectivity index (χ1n) is 10.7. The zero-order valence-corrected chi connectivity index (χ0v) is 17.0. The number of amides is 1. The van der Waals surface area contributed by atoms with E-state index in [9.17, 15) is 4.79 Å². The van der Waals surface area contributed by atoms with Crippen molar-refractivity contribution in [3.63, 3.8) is 0 Å². The minimum Gasteiger partial charge on any atom is -0.496 e. The van der Waals surface area contributed by atoms with E-state index in [4.69, 9.17) is 4.74 Å². The van der Waals surface area contributed by atoms with E-state index in [1.165, 1.54) is 38.5 Å². The third kappa shape index (κ3) is 3.73. The van der Waals surface area contributed by atoms with Crippen molar-refractivity contribution in [1.82, 2.24) is 5.32 Å². The van der Waals surface area contributed by atoms with Crippen molar-refractivity contribution in [3.8, 4) is 5.75 Å². The van der Waals surface area contributed by atoms with Crippen LogP contribution in [0.5, 0.6) is 5.75 Å². The average molecular weight is 372 g/mol. The molecule has 4 heteroatoms. The smallest absolute Gasteiger partial charge is 0.275 e. The average Bonchev–Trinajstić information content (AvgIpc) is 2.65. The van der Waals surface area contributed by atoms with E-state index in [0.29, 0.717) is 18.0 Å². The van der Waals surface area contributed by atoms with Crippen molar-refractivity contribution in [2.75, 3.05) is 13.7 Å². The first-order valence-corrected chi connectivity index (χ1v) is 10.7. The van der Waals surface area contributed by atoms with E-state index in [-0.39, 0.29) is 11.9 Å². The van der Waals surface area contributed by atoms with E-state index in [0.717, 1.165) is 29.1 Å². The molecule has 0 heterocycles. The molecule has 4 nitrogen and oxygen atoms in total. The number of para-hydroxylation sites is 1. The van der Waals surface area contributed by atoms with E-state index < -0.39 is 0 Å². The first kappa shape index (κ1) is 18.8. The minimum absolute atomic E-state index is 0.167. The van der Waals surface area contributed by atoms with Crippen LogP contribution in [0, 0.1) is 23.2 Å². The Kier molecular flexibility index (Phi) is 5.19. The Morgan fingerprint density at radius 2 is 1.74 bits per heavy atom. The highest BCUT2D eigenvalue weighted by Crippen LogP contribution is 2.61. The molecule has 4 aliphatic rings. The molecule has 4 aliphatic carbocycles. The van der Waals surface area contributed by atoms with Gasteiger partial charge >= 0.3 is 0 Å². The van der Waals surface area contributed by atoms with Crippen molar-refractivity contribution >= 4 is 5.91 Å². The molecule has 1 aromatic carbocycles. The van der Waals surface area contributed by atoms with Gasteiger partial charge in [0.05, 0.1) is 12.7 Å². The lowest BCUT2D eigenvalue weighted by molar-refractivity contribution is -0.682. The Morgan fingerprint density at radius 3 is 2.33 bits per heavy atom. The number of methoxy groups -OCH3 is 1. The summed E-state index contributed by atoms with van der Waals surface area (Å²) in [5, 5.41) is 5.48. The second-order valence-corrected chi connectivity index (χ2v) is 9.54. The fraction of sp³-hybridized carbons (Fsp3) is 0.696. The van der Waals surface area contributed by atoms with Crippen LogP contribution in [0.1, 0.15) is 64.0 Å². The Bertz CT molecular complexity index is 651. The molecule has 27 heavy (non-hydrogen) atoms. The van der Waals surface area contributed by atoms with E-state index >= 15 is 0 Å². The summed E-state index contributed by atoms with van der Waals surface area (Å²) < 4.78 is 5.46. The molecule has 1 amide bonds. The lowest BCUT2D eigenvalue weighted by Gasteiger charge is -2.59. The summed E-state index contributed by atoms with van der Waals surface area (Å²) in [5.74, 6) is 3.83. The van der Waals surface area contributed by atoms with Crippen LogP contribution < -0.4 is 15.4 Å². The first-order chi connectivity index (χ1) is 13.0. The number of carbonyl (C=O) groups excluding carboxylic acids is 1.